The zero-order valence-corrected chi connectivity index (χ0v) is 10.8. The van der Waals surface area contributed by atoms with Crippen molar-refractivity contribution < 1.29 is 0 Å². The van der Waals surface area contributed by atoms with Crippen molar-refractivity contribution in [3.63, 3.8) is 0 Å². The van der Waals surface area contributed by atoms with Crippen LogP contribution in [-0.2, 0) is 0 Å². The molecular formula is C13H22N4. The van der Waals surface area contributed by atoms with Crippen molar-refractivity contribution in [3.8, 4) is 0 Å². The molecule has 2 heterocycles. The molecule has 0 bridgehead atoms. The molecule has 17 heavy (non-hydrogen) atoms. The van der Waals surface area contributed by atoms with Crippen molar-refractivity contribution >= 4 is 11.5 Å². The largest absolute Gasteiger partial charge is 0.396 e. The van der Waals surface area contributed by atoms with Gasteiger partial charge in [-0.2, -0.15) is 0 Å². The highest BCUT2D eigenvalue weighted by Crippen LogP contribution is 2.24. The minimum Gasteiger partial charge on any atom is -0.396 e. The van der Waals surface area contributed by atoms with Crippen LogP contribution in [0.2, 0.25) is 0 Å². The fourth-order valence-corrected chi connectivity index (χ4v) is 2.50. The topological polar surface area (TPSA) is 45.4 Å². The maximum absolute atomic E-state index is 5.97. The Morgan fingerprint density at radius 1 is 1.47 bits per heavy atom. The van der Waals surface area contributed by atoms with Crippen LogP contribution in [0.1, 0.15) is 19.8 Å². The average molecular weight is 234 g/mol. The van der Waals surface area contributed by atoms with Crippen LogP contribution in [-0.4, -0.2) is 42.6 Å². The van der Waals surface area contributed by atoms with Crippen LogP contribution < -0.4 is 10.6 Å². The standard InChI is InChI=1S/C13H22N4/c1-3-17-9-6-11(7-10-17)16(2)13-12(14)5-4-8-15-13/h4-5,8,11H,3,6-7,9-10,14H2,1-2H3. The zero-order chi connectivity index (χ0) is 12.3. The Labute approximate surface area is 103 Å². The van der Waals surface area contributed by atoms with E-state index < -0.39 is 0 Å². The lowest BCUT2D eigenvalue weighted by Gasteiger charge is -2.37. The van der Waals surface area contributed by atoms with Gasteiger partial charge in [0.2, 0.25) is 0 Å². The van der Waals surface area contributed by atoms with Gasteiger partial charge in [0.05, 0.1) is 5.69 Å². The van der Waals surface area contributed by atoms with Gasteiger partial charge in [-0.15, -0.1) is 0 Å². The fraction of sp³-hybridized carbons (Fsp3) is 0.615. The number of hydrogen-bond acceptors (Lipinski definition) is 4. The number of nitrogens with two attached hydrogens (primary N) is 1. The Hall–Kier alpha value is -1.29. The number of likely N-dealkylation sites (tertiary alicyclic amines) is 1. The summed E-state index contributed by atoms with van der Waals surface area (Å²) in [4.78, 5) is 9.11. The molecule has 0 aliphatic carbocycles. The summed E-state index contributed by atoms with van der Waals surface area (Å²) in [6, 6.07) is 4.36. The quantitative estimate of drug-likeness (QED) is 0.862. The highest BCUT2D eigenvalue weighted by atomic mass is 15.2. The summed E-state index contributed by atoms with van der Waals surface area (Å²) in [7, 11) is 2.10. The number of pyridine rings is 1. The van der Waals surface area contributed by atoms with Crippen LogP contribution in [0.4, 0.5) is 11.5 Å². The minimum atomic E-state index is 0.565. The van der Waals surface area contributed by atoms with Gasteiger partial charge in [0.25, 0.3) is 0 Å². The molecule has 2 N–H and O–H groups in total. The van der Waals surface area contributed by atoms with Gasteiger partial charge in [-0.3, -0.25) is 0 Å². The minimum absolute atomic E-state index is 0.565. The van der Waals surface area contributed by atoms with E-state index in [4.69, 9.17) is 5.73 Å². The second-order valence-electron chi connectivity index (χ2n) is 4.69. The maximum Gasteiger partial charge on any atom is 0.151 e. The number of hydrogen-bond donors (Lipinski definition) is 1. The molecule has 1 aliphatic heterocycles. The lowest BCUT2D eigenvalue weighted by Crippen LogP contribution is -2.43. The van der Waals surface area contributed by atoms with Crippen LogP contribution in [0.3, 0.4) is 0 Å². The van der Waals surface area contributed by atoms with Gasteiger partial charge >= 0.3 is 0 Å². The molecule has 1 aliphatic rings. The van der Waals surface area contributed by atoms with Crippen LogP contribution >= 0.6 is 0 Å². The molecule has 0 amide bonds. The molecule has 0 unspecified atom stereocenters. The second-order valence-corrected chi connectivity index (χ2v) is 4.69. The maximum atomic E-state index is 5.97. The van der Waals surface area contributed by atoms with Crippen molar-refractivity contribution in [1.82, 2.24) is 9.88 Å². The van der Waals surface area contributed by atoms with Crippen LogP contribution in [0.5, 0.6) is 0 Å². The number of nitrogen functional groups attached to an aromatic ring is 1. The van der Waals surface area contributed by atoms with Gasteiger partial charge in [0.15, 0.2) is 5.82 Å². The van der Waals surface area contributed by atoms with Crippen molar-refractivity contribution in [1.29, 1.82) is 0 Å². The predicted octanol–water partition coefficient (Wildman–Crippen LogP) is 1.58. The molecule has 0 spiro atoms. The molecule has 0 aromatic carbocycles. The Morgan fingerprint density at radius 2 is 2.18 bits per heavy atom. The number of anilines is 2. The normalized spacial score (nSPS) is 18.2. The number of piperidine rings is 1. The van der Waals surface area contributed by atoms with Gasteiger partial charge < -0.3 is 15.5 Å². The predicted molar refractivity (Wildman–Crippen MR) is 72.2 cm³/mol. The Kier molecular flexibility index (Phi) is 3.84. The zero-order valence-electron chi connectivity index (χ0n) is 10.8. The van der Waals surface area contributed by atoms with Crippen molar-refractivity contribution in [2.24, 2.45) is 0 Å². The van der Waals surface area contributed by atoms with E-state index in [1.54, 1.807) is 0 Å². The SMILES string of the molecule is CCN1CCC(N(C)c2ncccc2N)CC1. The molecule has 2 rings (SSSR count). The molecule has 0 atom stereocenters. The molecule has 1 fully saturated rings. The first-order chi connectivity index (χ1) is 8.22. The highest BCUT2D eigenvalue weighted by molar-refractivity contribution is 5.62. The molecule has 0 radical (unpaired) electrons. The Bertz CT molecular complexity index is 358. The molecule has 0 saturated carbocycles. The van der Waals surface area contributed by atoms with Gasteiger partial charge in [0.1, 0.15) is 0 Å². The summed E-state index contributed by atoms with van der Waals surface area (Å²) in [6.07, 6.45) is 4.20. The molecule has 1 aromatic rings. The summed E-state index contributed by atoms with van der Waals surface area (Å²) < 4.78 is 0. The molecule has 1 aromatic heterocycles. The Balaban J connectivity index is 2.02. The summed E-state index contributed by atoms with van der Waals surface area (Å²) in [5, 5.41) is 0. The average Bonchev–Trinajstić information content (AvgIpc) is 2.39. The summed E-state index contributed by atoms with van der Waals surface area (Å²) in [5.41, 5.74) is 6.74. The summed E-state index contributed by atoms with van der Waals surface area (Å²) in [6.45, 7) is 5.74. The lowest BCUT2D eigenvalue weighted by atomic mass is 10.0. The Morgan fingerprint density at radius 3 is 2.76 bits per heavy atom. The summed E-state index contributed by atoms with van der Waals surface area (Å²) >= 11 is 0. The van der Waals surface area contributed by atoms with Crippen molar-refractivity contribution in [2.45, 2.75) is 25.8 Å². The van der Waals surface area contributed by atoms with Gasteiger partial charge in [-0.1, -0.05) is 6.92 Å². The van der Waals surface area contributed by atoms with E-state index in [-0.39, 0.29) is 0 Å². The van der Waals surface area contributed by atoms with Crippen LogP contribution in [0.25, 0.3) is 0 Å². The molecule has 1 saturated heterocycles. The van der Waals surface area contributed by atoms with Crippen molar-refractivity contribution in [2.75, 3.05) is 37.3 Å². The van der Waals surface area contributed by atoms with E-state index in [0.29, 0.717) is 6.04 Å². The van der Waals surface area contributed by atoms with Crippen molar-refractivity contribution in [3.05, 3.63) is 18.3 Å². The number of aromatic nitrogens is 1. The van der Waals surface area contributed by atoms with E-state index in [0.717, 1.165) is 18.1 Å². The number of nitrogens with zero attached hydrogens (tertiary/aromatic N) is 3. The first-order valence-corrected chi connectivity index (χ1v) is 6.38. The van der Waals surface area contributed by atoms with Crippen LogP contribution in [0, 0.1) is 0 Å². The van der Waals surface area contributed by atoms with E-state index in [1.807, 2.05) is 18.3 Å². The third-order valence-corrected chi connectivity index (χ3v) is 3.70. The lowest BCUT2D eigenvalue weighted by molar-refractivity contribution is 0.220. The third kappa shape index (κ3) is 2.69. The van der Waals surface area contributed by atoms with Gasteiger partial charge in [0, 0.05) is 32.4 Å². The third-order valence-electron chi connectivity index (χ3n) is 3.70. The van der Waals surface area contributed by atoms with Crippen LogP contribution in [0.15, 0.2) is 18.3 Å². The first kappa shape index (κ1) is 12.2. The monoisotopic (exact) mass is 234 g/mol. The second kappa shape index (κ2) is 5.36. The first-order valence-electron chi connectivity index (χ1n) is 6.38. The molecule has 4 nitrogen and oxygen atoms in total. The van der Waals surface area contributed by atoms with Gasteiger partial charge in [-0.25, -0.2) is 4.98 Å². The molecular weight excluding hydrogens is 212 g/mol. The fourth-order valence-electron chi connectivity index (χ4n) is 2.50. The molecule has 4 heteroatoms. The van der Waals surface area contributed by atoms with E-state index in [2.05, 4.69) is 28.8 Å². The van der Waals surface area contributed by atoms with Gasteiger partial charge in [-0.05, 0) is 31.5 Å². The summed E-state index contributed by atoms with van der Waals surface area (Å²) in [5.74, 6) is 0.919. The smallest absolute Gasteiger partial charge is 0.151 e. The highest BCUT2D eigenvalue weighted by Gasteiger charge is 2.23. The van der Waals surface area contributed by atoms with E-state index >= 15 is 0 Å². The molecule has 94 valence electrons. The number of rotatable bonds is 3. The van der Waals surface area contributed by atoms with E-state index in [9.17, 15) is 0 Å². The van der Waals surface area contributed by atoms with E-state index in [1.165, 1.54) is 25.9 Å².